The Kier molecular flexibility index (Phi) is 4.29. The van der Waals surface area contributed by atoms with Gasteiger partial charge >= 0.3 is 6.09 Å². The van der Waals surface area contributed by atoms with E-state index in [1.165, 1.54) is 11.3 Å². The number of anilines is 1. The Hall–Kier alpha value is -1.67. The number of benzene rings is 1. The van der Waals surface area contributed by atoms with Crippen molar-refractivity contribution in [3.8, 4) is 0 Å². The predicted molar refractivity (Wildman–Crippen MR) is 94.3 cm³/mol. The summed E-state index contributed by atoms with van der Waals surface area (Å²) < 4.78 is 7.01. The van der Waals surface area contributed by atoms with Gasteiger partial charge in [0.25, 0.3) is 0 Å². The first-order valence-electron chi connectivity index (χ1n) is 7.09. The molecule has 2 heterocycles. The molecule has 8 heteroatoms. The lowest BCUT2D eigenvalue weighted by Crippen LogP contribution is -2.27. The lowest BCUT2D eigenvalue weighted by molar-refractivity contribution is 0.0636. The van der Waals surface area contributed by atoms with E-state index in [0.717, 1.165) is 20.4 Å². The minimum Gasteiger partial charge on any atom is -0.444 e. The van der Waals surface area contributed by atoms with Crippen molar-refractivity contribution in [2.75, 3.05) is 5.32 Å². The van der Waals surface area contributed by atoms with Crippen LogP contribution in [0.3, 0.4) is 0 Å². The Morgan fingerprint density at radius 1 is 1.48 bits per heavy atom. The normalized spacial score (nSPS) is 17.7. The Morgan fingerprint density at radius 3 is 2.91 bits per heavy atom. The average molecular weight is 398 g/mol. The number of hydrogen-bond donors (Lipinski definition) is 1. The molecule has 0 spiro atoms. The zero-order chi connectivity index (χ0) is 16.6. The number of thiazole rings is 1. The summed E-state index contributed by atoms with van der Waals surface area (Å²) in [5.74, 6) is 0. The number of nitrogens with one attached hydrogen (secondary N) is 1. The van der Waals surface area contributed by atoms with Crippen LogP contribution in [0.4, 0.5) is 9.93 Å². The molecule has 1 atom stereocenters. The third kappa shape index (κ3) is 4.00. The number of carbonyl (C=O) groups excluding carboxylic acids is 1. The maximum Gasteiger partial charge on any atom is 0.413 e. The number of nitrogens with zero attached hydrogens (tertiary/aromatic N) is 2. The molecule has 1 aromatic carbocycles. The van der Waals surface area contributed by atoms with Gasteiger partial charge in [-0.25, -0.2) is 9.78 Å². The number of rotatable bonds is 2. The number of carbonyl (C=O) groups is 1. The molecule has 1 aliphatic rings. The van der Waals surface area contributed by atoms with E-state index in [1.807, 2.05) is 39.0 Å². The van der Waals surface area contributed by atoms with E-state index in [2.05, 4.69) is 31.4 Å². The molecule has 1 N–H and O–H groups in total. The van der Waals surface area contributed by atoms with Gasteiger partial charge in [-0.1, -0.05) is 22.6 Å². The molecule has 1 aliphatic heterocycles. The van der Waals surface area contributed by atoms with E-state index in [1.54, 1.807) is 0 Å². The van der Waals surface area contributed by atoms with Crippen molar-refractivity contribution >= 4 is 53.3 Å². The Balaban J connectivity index is 1.76. The van der Waals surface area contributed by atoms with Gasteiger partial charge in [0.15, 0.2) is 11.2 Å². The van der Waals surface area contributed by atoms with Crippen molar-refractivity contribution in [2.24, 2.45) is 5.16 Å². The zero-order valence-corrected chi connectivity index (χ0v) is 15.3. The topological polar surface area (TPSA) is 72.8 Å². The van der Waals surface area contributed by atoms with Crippen molar-refractivity contribution in [3.63, 3.8) is 0 Å². The highest BCUT2D eigenvalue weighted by molar-refractivity contribution is 9.18. The smallest absolute Gasteiger partial charge is 0.413 e. The fourth-order valence-electron chi connectivity index (χ4n) is 2.11. The molecule has 1 unspecified atom stereocenters. The van der Waals surface area contributed by atoms with E-state index >= 15 is 0 Å². The largest absolute Gasteiger partial charge is 0.444 e. The van der Waals surface area contributed by atoms with Gasteiger partial charge in [0.1, 0.15) is 10.2 Å². The Labute approximate surface area is 146 Å². The molecule has 122 valence electrons. The highest BCUT2D eigenvalue weighted by atomic mass is 79.9. The van der Waals surface area contributed by atoms with Crippen molar-refractivity contribution in [3.05, 3.63) is 23.8 Å². The molecule has 1 aromatic heterocycles. The second-order valence-corrected chi connectivity index (χ2v) is 8.08. The lowest BCUT2D eigenvalue weighted by Gasteiger charge is -2.18. The van der Waals surface area contributed by atoms with Gasteiger partial charge in [-0.2, -0.15) is 0 Å². The second kappa shape index (κ2) is 6.09. The maximum absolute atomic E-state index is 11.8. The molecule has 23 heavy (non-hydrogen) atoms. The summed E-state index contributed by atoms with van der Waals surface area (Å²) in [7, 11) is 0. The first-order valence-corrected chi connectivity index (χ1v) is 8.70. The number of fused-ring (bicyclic) bond motifs is 1. The van der Waals surface area contributed by atoms with Gasteiger partial charge in [0.2, 0.25) is 0 Å². The first-order chi connectivity index (χ1) is 10.8. The minimum atomic E-state index is -0.541. The number of oxime groups is 1. The molecular weight excluding hydrogens is 382 g/mol. The fourth-order valence-corrected chi connectivity index (χ4v) is 3.39. The molecule has 2 aromatic rings. The minimum absolute atomic E-state index is 0.0851. The van der Waals surface area contributed by atoms with Gasteiger partial charge in [-0.3, -0.25) is 5.32 Å². The molecule has 3 rings (SSSR count). The summed E-state index contributed by atoms with van der Waals surface area (Å²) in [6.07, 6.45) is 0.124. The Morgan fingerprint density at radius 2 is 2.26 bits per heavy atom. The van der Waals surface area contributed by atoms with Crippen LogP contribution in [0.1, 0.15) is 38.9 Å². The lowest BCUT2D eigenvalue weighted by atomic mass is 10.1. The van der Waals surface area contributed by atoms with Crippen LogP contribution in [0.2, 0.25) is 0 Å². The molecule has 0 bridgehead atoms. The van der Waals surface area contributed by atoms with E-state index in [0.29, 0.717) is 11.6 Å². The van der Waals surface area contributed by atoms with Crippen LogP contribution in [-0.2, 0) is 9.57 Å². The molecule has 0 fully saturated rings. The second-order valence-electron chi connectivity index (χ2n) is 6.14. The predicted octanol–water partition coefficient (Wildman–Crippen LogP) is 4.81. The summed E-state index contributed by atoms with van der Waals surface area (Å²) in [5.41, 5.74) is 1.31. The quantitative estimate of drug-likeness (QED) is 0.788. The maximum atomic E-state index is 11.8. The zero-order valence-electron chi connectivity index (χ0n) is 12.9. The third-order valence-corrected chi connectivity index (χ3v) is 4.43. The number of ether oxygens (including phenoxy) is 1. The monoisotopic (exact) mass is 397 g/mol. The molecule has 6 nitrogen and oxygen atoms in total. The van der Waals surface area contributed by atoms with Gasteiger partial charge in [-0.05, 0) is 54.4 Å². The summed E-state index contributed by atoms with van der Waals surface area (Å²) in [5, 5.41) is 7.08. The number of halogens is 1. The molecule has 0 saturated heterocycles. The van der Waals surface area contributed by atoms with Crippen LogP contribution >= 0.6 is 27.3 Å². The van der Waals surface area contributed by atoms with Crippen molar-refractivity contribution in [1.82, 2.24) is 4.98 Å². The van der Waals surface area contributed by atoms with Gasteiger partial charge in [0.05, 0.1) is 10.2 Å². The van der Waals surface area contributed by atoms with E-state index in [4.69, 9.17) is 9.57 Å². The molecule has 1 amide bonds. The SMILES string of the molecule is CC(C)(C)OC(=O)Nc1nc2ccc(C3CC(Br)=NO3)cc2s1. The first kappa shape index (κ1) is 16.2. The Bertz CT molecular complexity index is 782. The molecule has 0 aliphatic carbocycles. The van der Waals surface area contributed by atoms with Gasteiger partial charge in [0, 0.05) is 6.42 Å². The number of amides is 1. The van der Waals surface area contributed by atoms with Crippen LogP contribution in [0.25, 0.3) is 10.2 Å². The standard InChI is InChI=1S/C15H16BrN3O3S/c1-15(2,3)21-14(20)18-13-17-9-5-4-8(6-11(9)23-13)10-7-12(16)19-22-10/h4-6,10H,7H2,1-3H3,(H,17,18,20). The highest BCUT2D eigenvalue weighted by Gasteiger charge is 2.22. The average Bonchev–Trinajstić information content (AvgIpc) is 3.00. The fraction of sp³-hybridized carbons (Fsp3) is 0.400. The molecule has 0 radical (unpaired) electrons. The van der Waals surface area contributed by atoms with Crippen LogP contribution < -0.4 is 5.32 Å². The summed E-state index contributed by atoms with van der Waals surface area (Å²) in [4.78, 5) is 21.6. The highest BCUT2D eigenvalue weighted by Crippen LogP contribution is 2.33. The molecular formula is C15H16BrN3O3S. The van der Waals surface area contributed by atoms with Crippen molar-refractivity contribution in [2.45, 2.75) is 38.9 Å². The van der Waals surface area contributed by atoms with Crippen LogP contribution in [-0.4, -0.2) is 21.3 Å². The molecule has 0 saturated carbocycles. The van der Waals surface area contributed by atoms with Crippen LogP contribution in [0, 0.1) is 0 Å². The van der Waals surface area contributed by atoms with Crippen LogP contribution in [0.5, 0.6) is 0 Å². The van der Waals surface area contributed by atoms with Gasteiger partial charge < -0.3 is 9.57 Å². The van der Waals surface area contributed by atoms with E-state index < -0.39 is 11.7 Å². The van der Waals surface area contributed by atoms with Crippen LogP contribution in [0.15, 0.2) is 23.4 Å². The number of hydrogen-bond acceptors (Lipinski definition) is 6. The summed E-state index contributed by atoms with van der Waals surface area (Å²) in [6.45, 7) is 5.46. The van der Waals surface area contributed by atoms with E-state index in [-0.39, 0.29) is 6.10 Å². The van der Waals surface area contributed by atoms with Crippen molar-refractivity contribution in [1.29, 1.82) is 0 Å². The third-order valence-electron chi connectivity index (χ3n) is 3.02. The van der Waals surface area contributed by atoms with E-state index in [9.17, 15) is 4.79 Å². The number of aromatic nitrogens is 1. The van der Waals surface area contributed by atoms with Crippen molar-refractivity contribution < 1.29 is 14.4 Å². The summed E-state index contributed by atoms with van der Waals surface area (Å²) in [6, 6.07) is 5.89. The summed E-state index contributed by atoms with van der Waals surface area (Å²) >= 11 is 4.73. The van der Waals surface area contributed by atoms with Gasteiger partial charge in [-0.15, -0.1) is 0 Å².